The molecular formula is C12H13BrFN. The van der Waals surface area contributed by atoms with Crippen molar-refractivity contribution in [1.82, 2.24) is 5.32 Å². The van der Waals surface area contributed by atoms with Crippen LogP contribution < -0.4 is 5.32 Å². The van der Waals surface area contributed by atoms with E-state index in [1.807, 2.05) is 6.07 Å². The van der Waals surface area contributed by atoms with Crippen LogP contribution in [0.15, 0.2) is 28.2 Å². The molecule has 0 bridgehead atoms. The minimum Gasteiger partial charge on any atom is -0.316 e. The maximum absolute atomic E-state index is 12.9. The third-order valence-corrected chi connectivity index (χ3v) is 3.25. The monoisotopic (exact) mass is 269 g/mol. The van der Waals surface area contributed by atoms with E-state index < -0.39 is 0 Å². The second kappa shape index (κ2) is 4.90. The van der Waals surface area contributed by atoms with Crippen molar-refractivity contribution in [3.8, 4) is 0 Å². The predicted molar refractivity (Wildman–Crippen MR) is 64.2 cm³/mol. The van der Waals surface area contributed by atoms with Gasteiger partial charge in [-0.1, -0.05) is 33.6 Å². The van der Waals surface area contributed by atoms with E-state index in [0.29, 0.717) is 0 Å². The average molecular weight is 270 g/mol. The molecule has 0 aliphatic carbocycles. The Morgan fingerprint density at radius 2 is 2.00 bits per heavy atom. The molecule has 0 spiro atoms. The average Bonchev–Trinajstić information content (AvgIpc) is 2.24. The summed E-state index contributed by atoms with van der Waals surface area (Å²) in [7, 11) is 0. The quantitative estimate of drug-likeness (QED) is 0.825. The number of rotatable bonds is 1. The second-order valence-electron chi connectivity index (χ2n) is 3.72. The number of hydrogen-bond donors (Lipinski definition) is 1. The van der Waals surface area contributed by atoms with Gasteiger partial charge in [-0.25, -0.2) is 4.39 Å². The minimum atomic E-state index is -0.200. The molecule has 1 heterocycles. The van der Waals surface area contributed by atoms with E-state index in [1.54, 1.807) is 0 Å². The molecule has 0 atom stereocenters. The topological polar surface area (TPSA) is 12.0 Å². The fraction of sp³-hybridized carbons (Fsp3) is 0.333. The maximum atomic E-state index is 12.9. The molecule has 15 heavy (non-hydrogen) atoms. The van der Waals surface area contributed by atoms with Crippen LogP contribution in [0.1, 0.15) is 18.4 Å². The van der Waals surface area contributed by atoms with Gasteiger partial charge in [0, 0.05) is 4.47 Å². The van der Waals surface area contributed by atoms with Crippen molar-refractivity contribution in [2.75, 3.05) is 13.1 Å². The first-order valence-corrected chi connectivity index (χ1v) is 5.90. The summed E-state index contributed by atoms with van der Waals surface area (Å²) in [6.45, 7) is 2.09. The van der Waals surface area contributed by atoms with Crippen LogP contribution in [-0.2, 0) is 0 Å². The highest BCUT2D eigenvalue weighted by molar-refractivity contribution is 9.10. The molecule has 1 aromatic carbocycles. The lowest BCUT2D eigenvalue weighted by Crippen LogP contribution is -2.22. The fourth-order valence-corrected chi connectivity index (χ4v) is 2.20. The van der Waals surface area contributed by atoms with Gasteiger partial charge in [0.1, 0.15) is 5.82 Å². The first-order chi connectivity index (χ1) is 7.25. The highest BCUT2D eigenvalue weighted by Crippen LogP contribution is 2.23. The molecule has 3 heteroatoms. The van der Waals surface area contributed by atoms with Gasteiger partial charge in [0.2, 0.25) is 0 Å². The summed E-state index contributed by atoms with van der Waals surface area (Å²) in [5.74, 6) is -0.200. The van der Waals surface area contributed by atoms with Crippen molar-refractivity contribution >= 4 is 22.0 Å². The Balaban J connectivity index is 2.22. The molecule has 1 N–H and O–H groups in total. The lowest BCUT2D eigenvalue weighted by atomic mass is 10.0. The van der Waals surface area contributed by atoms with Crippen LogP contribution in [-0.4, -0.2) is 13.1 Å². The van der Waals surface area contributed by atoms with Gasteiger partial charge in [-0.15, -0.1) is 0 Å². The van der Waals surface area contributed by atoms with Gasteiger partial charge < -0.3 is 5.32 Å². The molecule has 1 fully saturated rings. The van der Waals surface area contributed by atoms with Crippen LogP contribution >= 0.6 is 15.9 Å². The Labute approximate surface area is 97.5 Å². The van der Waals surface area contributed by atoms with E-state index in [1.165, 1.54) is 17.7 Å². The summed E-state index contributed by atoms with van der Waals surface area (Å²) < 4.78 is 13.7. The Kier molecular flexibility index (Phi) is 3.54. The van der Waals surface area contributed by atoms with Crippen molar-refractivity contribution < 1.29 is 4.39 Å². The lowest BCUT2D eigenvalue weighted by Gasteiger charge is -2.15. The summed E-state index contributed by atoms with van der Waals surface area (Å²) in [5.41, 5.74) is 2.49. The summed E-state index contributed by atoms with van der Waals surface area (Å²) in [6, 6.07) is 4.82. The molecular weight excluding hydrogens is 257 g/mol. The van der Waals surface area contributed by atoms with E-state index in [-0.39, 0.29) is 5.82 Å². The van der Waals surface area contributed by atoms with Crippen LogP contribution in [0.2, 0.25) is 0 Å². The van der Waals surface area contributed by atoms with E-state index in [0.717, 1.165) is 36.0 Å². The summed E-state index contributed by atoms with van der Waals surface area (Å²) in [5, 5.41) is 3.31. The SMILES string of the molecule is Fc1ccc(C=C2CCNCC2)c(Br)c1. The van der Waals surface area contributed by atoms with Crippen LogP contribution in [0.4, 0.5) is 4.39 Å². The molecule has 1 aromatic rings. The van der Waals surface area contributed by atoms with Gasteiger partial charge in [0.05, 0.1) is 0 Å². The first-order valence-electron chi connectivity index (χ1n) is 5.11. The van der Waals surface area contributed by atoms with Gasteiger partial charge in [0.15, 0.2) is 0 Å². The summed E-state index contributed by atoms with van der Waals surface area (Å²) in [4.78, 5) is 0. The molecule has 0 unspecified atom stereocenters. The van der Waals surface area contributed by atoms with Crippen molar-refractivity contribution in [2.45, 2.75) is 12.8 Å². The van der Waals surface area contributed by atoms with Crippen LogP contribution in [0, 0.1) is 5.82 Å². The first kappa shape index (κ1) is 10.8. The summed E-state index contributed by atoms with van der Waals surface area (Å²) in [6.07, 6.45) is 4.33. The molecule has 1 nitrogen and oxygen atoms in total. The number of benzene rings is 1. The molecule has 0 radical (unpaired) electrons. The zero-order chi connectivity index (χ0) is 10.7. The van der Waals surface area contributed by atoms with Crippen molar-refractivity contribution in [1.29, 1.82) is 0 Å². The van der Waals surface area contributed by atoms with E-state index in [2.05, 4.69) is 27.3 Å². The molecule has 1 aliphatic heterocycles. The van der Waals surface area contributed by atoms with Crippen LogP contribution in [0.25, 0.3) is 6.08 Å². The smallest absolute Gasteiger partial charge is 0.124 e. The number of piperidine rings is 1. The molecule has 2 rings (SSSR count). The Morgan fingerprint density at radius 1 is 1.27 bits per heavy atom. The molecule has 1 aliphatic rings. The Bertz CT molecular complexity index is 379. The third-order valence-electron chi connectivity index (χ3n) is 2.57. The standard InChI is InChI=1S/C12H13BrFN/c13-12-8-11(14)2-1-10(12)7-9-3-5-15-6-4-9/h1-2,7-8,15H,3-6H2. The fourth-order valence-electron chi connectivity index (χ4n) is 1.73. The van der Waals surface area contributed by atoms with Crippen molar-refractivity contribution in [2.24, 2.45) is 0 Å². The molecule has 80 valence electrons. The maximum Gasteiger partial charge on any atom is 0.124 e. The predicted octanol–water partition coefficient (Wildman–Crippen LogP) is 3.36. The minimum absolute atomic E-state index is 0.200. The van der Waals surface area contributed by atoms with E-state index in [9.17, 15) is 4.39 Å². The molecule has 0 aromatic heterocycles. The van der Waals surface area contributed by atoms with Crippen molar-refractivity contribution in [3.63, 3.8) is 0 Å². The van der Waals surface area contributed by atoms with Crippen molar-refractivity contribution in [3.05, 3.63) is 39.6 Å². The highest BCUT2D eigenvalue weighted by atomic mass is 79.9. The Morgan fingerprint density at radius 3 is 2.67 bits per heavy atom. The van der Waals surface area contributed by atoms with Gasteiger partial charge in [0.25, 0.3) is 0 Å². The zero-order valence-corrected chi connectivity index (χ0v) is 9.98. The number of nitrogens with one attached hydrogen (secondary N) is 1. The van der Waals surface area contributed by atoms with Gasteiger partial charge in [-0.2, -0.15) is 0 Å². The number of halogens is 2. The second-order valence-corrected chi connectivity index (χ2v) is 4.57. The number of hydrogen-bond acceptors (Lipinski definition) is 1. The lowest BCUT2D eigenvalue weighted by molar-refractivity contribution is 0.613. The van der Waals surface area contributed by atoms with Gasteiger partial charge >= 0.3 is 0 Å². The summed E-state index contributed by atoms with van der Waals surface area (Å²) >= 11 is 3.37. The normalized spacial score (nSPS) is 16.5. The van der Waals surface area contributed by atoms with E-state index in [4.69, 9.17) is 0 Å². The van der Waals surface area contributed by atoms with E-state index >= 15 is 0 Å². The zero-order valence-electron chi connectivity index (χ0n) is 8.39. The third kappa shape index (κ3) is 2.89. The Hall–Kier alpha value is -0.670. The van der Waals surface area contributed by atoms with Gasteiger partial charge in [-0.05, 0) is 43.6 Å². The molecule has 1 saturated heterocycles. The van der Waals surface area contributed by atoms with Gasteiger partial charge in [-0.3, -0.25) is 0 Å². The van der Waals surface area contributed by atoms with Crippen LogP contribution in [0.5, 0.6) is 0 Å². The largest absolute Gasteiger partial charge is 0.316 e. The van der Waals surface area contributed by atoms with Crippen LogP contribution in [0.3, 0.4) is 0 Å². The molecule has 0 saturated carbocycles. The molecule has 0 amide bonds. The highest BCUT2D eigenvalue weighted by Gasteiger charge is 2.05.